The first-order chi connectivity index (χ1) is 20.2. The standard InChI is InChI=1S/C29H32F4N4O5S/c1-17-10-12-37(13-11-17)27-20(6-9-25(35-27)29(31,32)33)16-34-28(39)26(19-5-8-23(38)24(15-19)42-2)18-4-7-22(21(30)14-18)36-43(3,40)41/h4-9,14-15,17,26,36,38H,10-13,16H2,1-3H3,(H,34,39). The molecule has 1 aliphatic heterocycles. The fourth-order valence-corrected chi connectivity index (χ4v) is 5.48. The number of sulfonamides is 1. The number of piperidine rings is 1. The minimum absolute atomic E-state index is 0.0553. The van der Waals surface area contributed by atoms with Crippen LogP contribution >= 0.6 is 0 Å². The Balaban J connectivity index is 1.69. The van der Waals surface area contributed by atoms with Gasteiger partial charge in [-0.05, 0) is 60.2 Å². The first kappa shape index (κ1) is 31.9. The second-order valence-electron chi connectivity index (χ2n) is 10.5. The van der Waals surface area contributed by atoms with Crippen LogP contribution in [0.25, 0.3) is 0 Å². The van der Waals surface area contributed by atoms with E-state index in [2.05, 4.69) is 21.9 Å². The molecule has 9 nitrogen and oxygen atoms in total. The number of halogens is 4. The number of aromatic hydroxyl groups is 1. The molecule has 232 valence electrons. The second-order valence-corrected chi connectivity index (χ2v) is 12.3. The van der Waals surface area contributed by atoms with Gasteiger partial charge in [-0.25, -0.2) is 17.8 Å². The topological polar surface area (TPSA) is 121 Å². The van der Waals surface area contributed by atoms with Crippen LogP contribution in [0.4, 0.5) is 29.1 Å². The Morgan fingerprint density at radius 3 is 2.37 bits per heavy atom. The van der Waals surface area contributed by atoms with E-state index in [9.17, 15) is 35.9 Å². The predicted octanol–water partition coefficient (Wildman–Crippen LogP) is 5.01. The zero-order chi connectivity index (χ0) is 31.5. The van der Waals surface area contributed by atoms with E-state index in [4.69, 9.17) is 4.74 Å². The van der Waals surface area contributed by atoms with Gasteiger partial charge in [-0.3, -0.25) is 9.52 Å². The fourth-order valence-electron chi connectivity index (χ4n) is 4.91. The number of alkyl halides is 3. The van der Waals surface area contributed by atoms with Crippen LogP contribution < -0.4 is 19.7 Å². The summed E-state index contributed by atoms with van der Waals surface area (Å²) in [6.07, 6.45) is -2.21. The largest absolute Gasteiger partial charge is 0.504 e. The van der Waals surface area contributed by atoms with Crippen molar-refractivity contribution in [1.82, 2.24) is 10.3 Å². The lowest BCUT2D eigenvalue weighted by Gasteiger charge is -2.33. The maximum atomic E-state index is 15.0. The van der Waals surface area contributed by atoms with Crippen molar-refractivity contribution in [3.8, 4) is 11.5 Å². The van der Waals surface area contributed by atoms with E-state index < -0.39 is 39.5 Å². The molecule has 1 amide bonds. The molecule has 0 aliphatic carbocycles. The van der Waals surface area contributed by atoms with Crippen LogP contribution in [-0.4, -0.2) is 50.9 Å². The summed E-state index contributed by atoms with van der Waals surface area (Å²) in [6, 6.07) is 9.87. The minimum Gasteiger partial charge on any atom is -0.504 e. The Labute approximate surface area is 246 Å². The number of rotatable bonds is 9. The van der Waals surface area contributed by atoms with E-state index in [1.807, 2.05) is 0 Å². The zero-order valence-corrected chi connectivity index (χ0v) is 24.5. The van der Waals surface area contributed by atoms with Gasteiger partial charge < -0.3 is 20.1 Å². The summed E-state index contributed by atoms with van der Waals surface area (Å²) in [7, 11) is -2.46. The summed E-state index contributed by atoms with van der Waals surface area (Å²) in [6.45, 7) is 2.93. The third-order valence-corrected chi connectivity index (χ3v) is 7.79. The average Bonchev–Trinajstić information content (AvgIpc) is 2.93. The number of hydrogen-bond donors (Lipinski definition) is 3. The Hall–Kier alpha value is -4.07. The molecule has 0 radical (unpaired) electrons. The summed E-state index contributed by atoms with van der Waals surface area (Å²) in [5.41, 5.74) is -0.519. The maximum Gasteiger partial charge on any atom is 0.433 e. The molecule has 1 unspecified atom stereocenters. The van der Waals surface area contributed by atoms with Gasteiger partial charge in [0.05, 0.1) is 25.0 Å². The molecule has 0 saturated carbocycles. The molecule has 0 spiro atoms. The van der Waals surface area contributed by atoms with Gasteiger partial charge in [-0.1, -0.05) is 25.1 Å². The summed E-state index contributed by atoms with van der Waals surface area (Å²) < 4.78 is 86.0. The van der Waals surface area contributed by atoms with Crippen LogP contribution in [0.5, 0.6) is 11.5 Å². The van der Waals surface area contributed by atoms with Crippen LogP contribution in [0.1, 0.15) is 48.1 Å². The number of phenolic OH excluding ortho intramolecular Hbond substituents is 1. The molecule has 14 heteroatoms. The SMILES string of the molecule is COc1cc(C(C(=O)NCc2ccc(C(F)(F)F)nc2N2CCC(C)CC2)c2ccc(NS(C)(=O)=O)c(F)c2)ccc1O. The number of nitrogens with one attached hydrogen (secondary N) is 2. The van der Waals surface area contributed by atoms with Crippen LogP contribution in [0.3, 0.4) is 0 Å². The third-order valence-electron chi connectivity index (χ3n) is 7.20. The molecule has 3 N–H and O–H groups in total. The summed E-state index contributed by atoms with van der Waals surface area (Å²) in [5, 5.41) is 12.8. The lowest BCUT2D eigenvalue weighted by Crippen LogP contribution is -2.36. The number of ether oxygens (including phenoxy) is 1. The molecular weight excluding hydrogens is 592 g/mol. The third kappa shape index (κ3) is 7.86. The lowest BCUT2D eigenvalue weighted by molar-refractivity contribution is -0.141. The van der Waals surface area contributed by atoms with Gasteiger partial charge in [-0.2, -0.15) is 13.2 Å². The molecule has 1 atom stereocenters. The highest BCUT2D eigenvalue weighted by Crippen LogP contribution is 2.35. The summed E-state index contributed by atoms with van der Waals surface area (Å²) >= 11 is 0. The monoisotopic (exact) mass is 624 g/mol. The van der Waals surface area contributed by atoms with Crippen molar-refractivity contribution in [2.75, 3.05) is 36.1 Å². The highest BCUT2D eigenvalue weighted by molar-refractivity contribution is 7.92. The molecule has 1 saturated heterocycles. The summed E-state index contributed by atoms with van der Waals surface area (Å²) in [5.74, 6) is -2.31. The van der Waals surface area contributed by atoms with E-state index in [0.29, 0.717) is 30.1 Å². The number of benzene rings is 2. The smallest absolute Gasteiger partial charge is 0.433 e. The van der Waals surface area contributed by atoms with Crippen molar-refractivity contribution in [2.24, 2.45) is 5.92 Å². The van der Waals surface area contributed by atoms with Crippen molar-refractivity contribution >= 4 is 27.4 Å². The van der Waals surface area contributed by atoms with E-state index in [-0.39, 0.29) is 35.1 Å². The number of aromatic nitrogens is 1. The van der Waals surface area contributed by atoms with Crippen molar-refractivity contribution in [3.63, 3.8) is 0 Å². The van der Waals surface area contributed by atoms with Crippen molar-refractivity contribution in [2.45, 2.75) is 38.4 Å². The number of anilines is 2. The predicted molar refractivity (Wildman–Crippen MR) is 153 cm³/mol. The molecule has 2 aromatic carbocycles. The van der Waals surface area contributed by atoms with Crippen molar-refractivity contribution in [1.29, 1.82) is 0 Å². The number of amides is 1. The van der Waals surface area contributed by atoms with Gasteiger partial charge >= 0.3 is 6.18 Å². The lowest BCUT2D eigenvalue weighted by atomic mass is 9.89. The number of methoxy groups -OCH3 is 1. The zero-order valence-electron chi connectivity index (χ0n) is 23.7. The maximum absolute atomic E-state index is 15.0. The molecule has 43 heavy (non-hydrogen) atoms. The van der Waals surface area contributed by atoms with Crippen LogP contribution in [0.2, 0.25) is 0 Å². The quantitative estimate of drug-likeness (QED) is 0.286. The fraction of sp³-hybridized carbons (Fsp3) is 0.379. The van der Waals surface area contributed by atoms with Crippen LogP contribution in [-0.2, 0) is 27.5 Å². The molecule has 3 aromatic rings. The Kier molecular flexibility index (Phi) is 9.38. The number of nitrogens with zero attached hydrogens (tertiary/aromatic N) is 2. The molecule has 1 aromatic heterocycles. The molecular formula is C29H32F4N4O5S. The minimum atomic E-state index is -4.65. The first-order valence-corrected chi connectivity index (χ1v) is 15.3. The number of hydrogen-bond acceptors (Lipinski definition) is 7. The first-order valence-electron chi connectivity index (χ1n) is 13.4. The highest BCUT2D eigenvalue weighted by Gasteiger charge is 2.34. The Morgan fingerprint density at radius 1 is 1.12 bits per heavy atom. The highest BCUT2D eigenvalue weighted by atomic mass is 32.2. The van der Waals surface area contributed by atoms with Crippen LogP contribution in [0, 0.1) is 11.7 Å². The number of carbonyl (C=O) groups is 1. The second kappa shape index (κ2) is 12.7. The van der Waals surface area contributed by atoms with Gasteiger partial charge in [0.2, 0.25) is 15.9 Å². The number of carbonyl (C=O) groups excluding carboxylic acids is 1. The van der Waals surface area contributed by atoms with E-state index >= 15 is 0 Å². The van der Waals surface area contributed by atoms with Crippen molar-refractivity contribution in [3.05, 3.63) is 76.7 Å². The molecule has 2 heterocycles. The van der Waals surface area contributed by atoms with E-state index in [1.165, 1.54) is 43.5 Å². The van der Waals surface area contributed by atoms with Gasteiger partial charge in [0.25, 0.3) is 0 Å². The van der Waals surface area contributed by atoms with Gasteiger partial charge in [0, 0.05) is 25.2 Å². The molecule has 0 bridgehead atoms. The number of pyridine rings is 1. The molecule has 4 rings (SSSR count). The normalized spacial score (nSPS) is 15.2. The van der Waals surface area contributed by atoms with Gasteiger partial charge in [0.1, 0.15) is 17.3 Å². The van der Waals surface area contributed by atoms with E-state index in [0.717, 1.165) is 31.2 Å². The van der Waals surface area contributed by atoms with Crippen molar-refractivity contribution < 1.29 is 40.6 Å². The summed E-state index contributed by atoms with van der Waals surface area (Å²) in [4.78, 5) is 19.4. The number of phenols is 1. The van der Waals surface area contributed by atoms with E-state index in [1.54, 1.807) is 4.90 Å². The van der Waals surface area contributed by atoms with Gasteiger partial charge in [-0.15, -0.1) is 0 Å². The Bertz CT molecular complexity index is 1590. The average molecular weight is 625 g/mol. The molecule has 1 aliphatic rings. The Morgan fingerprint density at radius 2 is 1.77 bits per heavy atom. The van der Waals surface area contributed by atoms with Gasteiger partial charge in [0.15, 0.2) is 11.5 Å². The molecule has 1 fully saturated rings. The van der Waals surface area contributed by atoms with Crippen LogP contribution in [0.15, 0.2) is 48.5 Å².